The number of rotatable bonds is 80. The molecule has 0 aromatic heterocycles. The average molecular weight is 1460 g/mol. The van der Waals surface area contributed by atoms with Crippen molar-refractivity contribution >= 4 is 39.5 Å². The molecule has 0 aliphatic rings. The second-order valence-corrected chi connectivity index (χ2v) is 31.3. The zero-order valence-electron chi connectivity index (χ0n) is 64.7. The van der Waals surface area contributed by atoms with E-state index >= 15 is 0 Å². The fourth-order valence-electron chi connectivity index (χ4n) is 12.0. The molecule has 0 aromatic carbocycles. The van der Waals surface area contributed by atoms with Gasteiger partial charge >= 0.3 is 39.5 Å². The zero-order chi connectivity index (χ0) is 73.2. The molecule has 0 aliphatic carbocycles. The van der Waals surface area contributed by atoms with Gasteiger partial charge in [0.25, 0.3) is 0 Å². The minimum Gasteiger partial charge on any atom is -0.462 e. The van der Waals surface area contributed by atoms with Gasteiger partial charge in [-0.15, -0.1) is 0 Å². The van der Waals surface area contributed by atoms with E-state index in [1.165, 1.54) is 212 Å². The van der Waals surface area contributed by atoms with Gasteiger partial charge in [0.05, 0.1) is 26.4 Å². The molecular formula is C81H154O17P2. The van der Waals surface area contributed by atoms with Gasteiger partial charge in [0, 0.05) is 25.7 Å². The van der Waals surface area contributed by atoms with Crippen LogP contribution in [0.3, 0.4) is 0 Å². The van der Waals surface area contributed by atoms with Crippen LogP contribution in [0.2, 0.25) is 0 Å². The molecule has 0 fully saturated rings. The summed E-state index contributed by atoms with van der Waals surface area (Å²) >= 11 is 0. The lowest BCUT2D eigenvalue weighted by Crippen LogP contribution is -2.30. The highest BCUT2D eigenvalue weighted by Gasteiger charge is 2.30. The van der Waals surface area contributed by atoms with Crippen molar-refractivity contribution in [2.45, 2.75) is 431 Å². The number of unbranched alkanes of at least 4 members (excludes halogenated alkanes) is 50. The molecule has 0 heterocycles. The predicted octanol–water partition coefficient (Wildman–Crippen LogP) is 24.1. The molecule has 0 saturated heterocycles. The van der Waals surface area contributed by atoms with E-state index in [1.54, 1.807) is 0 Å². The van der Waals surface area contributed by atoms with Crippen LogP contribution in [0.1, 0.15) is 413 Å². The molecule has 17 nitrogen and oxygen atoms in total. The molecule has 2 unspecified atom stereocenters. The van der Waals surface area contributed by atoms with Crippen LogP contribution in [0, 0.1) is 0 Å². The SMILES string of the molecule is CCCCCCCC/C=C\CCCCCCCC(=O)OC[C@H](COP(=O)(O)OC[C@H](O)COP(=O)(O)OC[C@@H](COC(=O)CCCCCCCCCCCCCCCCC)OC(=O)CCCCCCC/C=C\CCCCCCCC)OC(=O)CCCCCCCCCCCCCCCCC. The van der Waals surface area contributed by atoms with Gasteiger partial charge in [-0.25, -0.2) is 9.13 Å². The van der Waals surface area contributed by atoms with Crippen LogP contribution in [-0.4, -0.2) is 96.7 Å². The summed E-state index contributed by atoms with van der Waals surface area (Å²) in [6.07, 6.45) is 70.0. The van der Waals surface area contributed by atoms with E-state index in [-0.39, 0.29) is 25.7 Å². The molecule has 0 radical (unpaired) electrons. The Hall–Kier alpha value is -2.46. The maximum absolute atomic E-state index is 13.1. The van der Waals surface area contributed by atoms with Crippen LogP contribution in [0.25, 0.3) is 0 Å². The third kappa shape index (κ3) is 73.8. The fraction of sp³-hybridized carbons (Fsp3) is 0.901. The zero-order valence-corrected chi connectivity index (χ0v) is 66.5. The van der Waals surface area contributed by atoms with Crippen LogP contribution in [-0.2, 0) is 65.4 Å². The highest BCUT2D eigenvalue weighted by Crippen LogP contribution is 2.45. The Morgan fingerprint density at radius 2 is 0.460 bits per heavy atom. The van der Waals surface area contributed by atoms with Crippen LogP contribution in [0.4, 0.5) is 0 Å². The molecule has 590 valence electrons. The second-order valence-electron chi connectivity index (χ2n) is 28.4. The molecule has 0 amide bonds. The van der Waals surface area contributed by atoms with Crippen LogP contribution in [0.5, 0.6) is 0 Å². The van der Waals surface area contributed by atoms with E-state index in [9.17, 15) is 43.2 Å². The van der Waals surface area contributed by atoms with Crippen molar-refractivity contribution < 1.29 is 80.2 Å². The van der Waals surface area contributed by atoms with Gasteiger partial charge in [-0.05, 0) is 77.0 Å². The smallest absolute Gasteiger partial charge is 0.462 e. The molecule has 0 saturated carbocycles. The highest BCUT2D eigenvalue weighted by molar-refractivity contribution is 7.47. The first-order valence-corrected chi connectivity index (χ1v) is 44.6. The molecule has 0 aliphatic heterocycles. The summed E-state index contributed by atoms with van der Waals surface area (Å²) in [6.45, 7) is 4.97. The Bertz CT molecular complexity index is 1990. The van der Waals surface area contributed by atoms with Gasteiger partial charge in [0.15, 0.2) is 12.2 Å². The number of aliphatic hydroxyl groups excluding tert-OH is 1. The highest BCUT2D eigenvalue weighted by atomic mass is 31.2. The van der Waals surface area contributed by atoms with Crippen molar-refractivity contribution in [2.24, 2.45) is 0 Å². The lowest BCUT2D eigenvalue weighted by molar-refractivity contribution is -0.161. The summed E-state index contributed by atoms with van der Waals surface area (Å²) in [4.78, 5) is 73.1. The Morgan fingerprint density at radius 1 is 0.270 bits per heavy atom. The number of carbonyl (C=O) groups excluding carboxylic acids is 4. The van der Waals surface area contributed by atoms with Gasteiger partial charge in [-0.1, -0.05) is 335 Å². The van der Waals surface area contributed by atoms with Gasteiger partial charge in [-0.2, -0.15) is 0 Å². The van der Waals surface area contributed by atoms with Gasteiger partial charge in [0.2, 0.25) is 0 Å². The Balaban J connectivity index is 5.31. The standard InChI is InChI=1S/C81H154O17P2/c1-5-9-13-17-21-25-29-33-37-41-45-49-53-57-61-65-78(83)91-71-76(97-80(85)67-63-59-55-51-47-43-39-35-31-27-23-19-15-11-7-3)73-95-99(87,88)93-69-75(82)70-94-100(89,90)96-74-77(98-81(86)68-64-60-56-52-48-44-40-36-32-28-24-20-16-12-8-4)72-92-79(84)66-62-58-54-50-46-42-38-34-30-26-22-18-14-10-6-2/h33,36-37,40,75-77,82H,5-32,34-35,38-39,41-74H2,1-4H3,(H,87,88)(H,89,90)/b37-33-,40-36-/t75-,76+,77+/m0/s1. The molecule has 0 rings (SSSR count). The maximum atomic E-state index is 13.1. The van der Waals surface area contributed by atoms with Crippen molar-refractivity contribution in [3.63, 3.8) is 0 Å². The van der Waals surface area contributed by atoms with Crippen molar-refractivity contribution in [3.8, 4) is 0 Å². The topological polar surface area (TPSA) is 237 Å². The number of phosphoric acid groups is 2. The lowest BCUT2D eigenvalue weighted by Gasteiger charge is -2.21. The van der Waals surface area contributed by atoms with Gasteiger partial charge < -0.3 is 33.8 Å². The van der Waals surface area contributed by atoms with Crippen molar-refractivity contribution in [1.29, 1.82) is 0 Å². The minimum absolute atomic E-state index is 0.0940. The number of hydrogen-bond acceptors (Lipinski definition) is 15. The van der Waals surface area contributed by atoms with Crippen LogP contribution >= 0.6 is 15.6 Å². The number of ether oxygens (including phenoxy) is 4. The fourth-order valence-corrected chi connectivity index (χ4v) is 13.6. The number of phosphoric ester groups is 2. The van der Waals surface area contributed by atoms with Gasteiger partial charge in [0.1, 0.15) is 19.3 Å². The van der Waals surface area contributed by atoms with E-state index < -0.39 is 97.5 Å². The summed E-state index contributed by atoms with van der Waals surface area (Å²) in [5.74, 6) is -2.14. The molecule has 5 atom stereocenters. The number of allylic oxidation sites excluding steroid dienone is 4. The monoisotopic (exact) mass is 1460 g/mol. The summed E-state index contributed by atoms with van der Waals surface area (Å²) in [6, 6.07) is 0. The largest absolute Gasteiger partial charge is 0.472 e. The summed E-state index contributed by atoms with van der Waals surface area (Å²) in [5, 5.41) is 10.6. The summed E-state index contributed by atoms with van der Waals surface area (Å²) in [5.41, 5.74) is 0. The molecule has 3 N–H and O–H groups in total. The van der Waals surface area contributed by atoms with E-state index in [2.05, 4.69) is 52.0 Å². The molecule has 0 aromatic rings. The Kier molecular flexibility index (Phi) is 73.0. The molecule has 100 heavy (non-hydrogen) atoms. The minimum atomic E-state index is -4.97. The summed E-state index contributed by atoms with van der Waals surface area (Å²) < 4.78 is 68.7. The Morgan fingerprint density at radius 3 is 0.690 bits per heavy atom. The molecule has 0 spiro atoms. The van der Waals surface area contributed by atoms with E-state index in [4.69, 9.17) is 37.0 Å². The van der Waals surface area contributed by atoms with E-state index in [1.807, 2.05) is 0 Å². The van der Waals surface area contributed by atoms with Crippen molar-refractivity contribution in [3.05, 3.63) is 24.3 Å². The number of aliphatic hydroxyl groups is 1. The van der Waals surface area contributed by atoms with E-state index in [0.717, 1.165) is 122 Å². The van der Waals surface area contributed by atoms with Crippen molar-refractivity contribution in [1.82, 2.24) is 0 Å². The first kappa shape index (κ1) is 97.5. The van der Waals surface area contributed by atoms with Crippen molar-refractivity contribution in [2.75, 3.05) is 39.6 Å². The van der Waals surface area contributed by atoms with Gasteiger partial charge in [-0.3, -0.25) is 37.3 Å². The first-order chi connectivity index (χ1) is 48.7. The third-order valence-corrected chi connectivity index (χ3v) is 20.3. The normalized spacial score (nSPS) is 13.9. The number of carbonyl (C=O) groups is 4. The average Bonchev–Trinajstić information content (AvgIpc) is 1.01. The quantitative estimate of drug-likeness (QED) is 0.0169. The number of esters is 4. The lowest BCUT2D eigenvalue weighted by atomic mass is 10.0. The second kappa shape index (κ2) is 74.8. The first-order valence-electron chi connectivity index (χ1n) is 41.6. The molecule has 0 bridgehead atoms. The van der Waals surface area contributed by atoms with Crippen LogP contribution in [0.15, 0.2) is 24.3 Å². The Labute approximate surface area is 612 Å². The summed E-state index contributed by atoms with van der Waals surface area (Å²) in [7, 11) is -9.93. The molecular weight excluding hydrogens is 1310 g/mol. The third-order valence-electron chi connectivity index (χ3n) is 18.4. The molecule has 19 heteroatoms. The predicted molar refractivity (Wildman–Crippen MR) is 409 cm³/mol. The van der Waals surface area contributed by atoms with Crippen LogP contribution < -0.4 is 0 Å². The maximum Gasteiger partial charge on any atom is 0.472 e. The number of hydrogen-bond donors (Lipinski definition) is 3. The van der Waals surface area contributed by atoms with E-state index in [0.29, 0.717) is 25.7 Å².